The molecule has 1 aliphatic rings. The van der Waals surface area contributed by atoms with Crippen molar-refractivity contribution in [1.29, 1.82) is 0 Å². The fourth-order valence-electron chi connectivity index (χ4n) is 3.27. The number of hydrogen-bond acceptors (Lipinski definition) is 1. The third-order valence-corrected chi connectivity index (χ3v) is 4.34. The van der Waals surface area contributed by atoms with Gasteiger partial charge >= 0.3 is 0 Å². The van der Waals surface area contributed by atoms with Crippen LogP contribution in [0, 0.1) is 0 Å². The average molecular weight is 245 g/mol. The van der Waals surface area contributed by atoms with E-state index in [0.717, 1.165) is 13.1 Å². The second kappa shape index (κ2) is 6.94. The quantitative estimate of drug-likeness (QED) is 0.603. The molecule has 1 aromatic carbocycles. The Bertz CT molecular complexity index is 323. The van der Waals surface area contributed by atoms with Crippen LogP contribution in [0.15, 0.2) is 30.3 Å². The van der Waals surface area contributed by atoms with E-state index < -0.39 is 0 Å². The molecule has 0 unspecified atom stereocenters. The summed E-state index contributed by atoms with van der Waals surface area (Å²) in [4.78, 5) is 0. The standard InChI is InChI=1S/C17H27N/c1-2-14-18-15-17(12-8-3-4-9-13-17)16-10-6-5-7-11-16/h5-7,10-11,18H,2-4,8-9,12-15H2,1H3. The van der Waals surface area contributed by atoms with Crippen LogP contribution in [0.25, 0.3) is 0 Å². The van der Waals surface area contributed by atoms with Crippen molar-refractivity contribution in [2.45, 2.75) is 57.3 Å². The van der Waals surface area contributed by atoms with Crippen LogP contribution in [0.2, 0.25) is 0 Å². The van der Waals surface area contributed by atoms with Gasteiger partial charge in [-0.15, -0.1) is 0 Å². The predicted molar refractivity (Wildman–Crippen MR) is 79.0 cm³/mol. The number of benzene rings is 1. The lowest BCUT2D eigenvalue weighted by Crippen LogP contribution is -2.38. The zero-order valence-electron chi connectivity index (χ0n) is 11.8. The molecule has 2 rings (SSSR count). The molecule has 1 fully saturated rings. The highest BCUT2D eigenvalue weighted by atomic mass is 14.9. The van der Waals surface area contributed by atoms with Crippen molar-refractivity contribution in [1.82, 2.24) is 5.32 Å². The van der Waals surface area contributed by atoms with Gasteiger partial charge in [0.15, 0.2) is 0 Å². The van der Waals surface area contributed by atoms with Gasteiger partial charge in [-0.2, -0.15) is 0 Å². The Morgan fingerprint density at radius 2 is 1.67 bits per heavy atom. The number of rotatable bonds is 5. The lowest BCUT2D eigenvalue weighted by molar-refractivity contribution is 0.348. The van der Waals surface area contributed by atoms with Crippen LogP contribution in [0.4, 0.5) is 0 Å². The lowest BCUT2D eigenvalue weighted by atomic mass is 9.74. The Hall–Kier alpha value is -0.820. The van der Waals surface area contributed by atoms with Crippen LogP contribution in [0.3, 0.4) is 0 Å². The third kappa shape index (κ3) is 3.35. The van der Waals surface area contributed by atoms with Gasteiger partial charge in [-0.25, -0.2) is 0 Å². The van der Waals surface area contributed by atoms with Gasteiger partial charge in [0.2, 0.25) is 0 Å². The SMILES string of the molecule is CCCNCC1(c2ccccc2)CCCCCC1. The molecule has 0 heterocycles. The van der Waals surface area contributed by atoms with Gasteiger partial charge in [-0.05, 0) is 31.4 Å². The van der Waals surface area contributed by atoms with Crippen molar-refractivity contribution in [2.24, 2.45) is 0 Å². The summed E-state index contributed by atoms with van der Waals surface area (Å²) in [5.41, 5.74) is 1.95. The average Bonchev–Trinajstić information content (AvgIpc) is 2.67. The molecule has 1 heteroatoms. The minimum absolute atomic E-state index is 0.396. The molecule has 18 heavy (non-hydrogen) atoms. The first-order valence-corrected chi connectivity index (χ1v) is 7.64. The maximum Gasteiger partial charge on any atom is 0.00777 e. The van der Waals surface area contributed by atoms with Gasteiger partial charge in [0.25, 0.3) is 0 Å². The molecule has 0 bridgehead atoms. The van der Waals surface area contributed by atoms with E-state index >= 15 is 0 Å². The molecular formula is C17H27N. The third-order valence-electron chi connectivity index (χ3n) is 4.34. The van der Waals surface area contributed by atoms with Crippen molar-refractivity contribution in [2.75, 3.05) is 13.1 Å². The molecule has 1 saturated carbocycles. The molecule has 0 radical (unpaired) electrons. The zero-order chi connectivity index (χ0) is 12.7. The summed E-state index contributed by atoms with van der Waals surface area (Å²) < 4.78 is 0. The van der Waals surface area contributed by atoms with Crippen molar-refractivity contribution < 1.29 is 0 Å². The summed E-state index contributed by atoms with van der Waals surface area (Å²) in [7, 11) is 0. The second-order valence-electron chi connectivity index (χ2n) is 5.74. The molecule has 1 aromatic rings. The Labute approximate surface area is 112 Å². The lowest BCUT2D eigenvalue weighted by Gasteiger charge is -2.34. The van der Waals surface area contributed by atoms with Crippen LogP contribution in [-0.4, -0.2) is 13.1 Å². The minimum atomic E-state index is 0.396. The van der Waals surface area contributed by atoms with Crippen molar-refractivity contribution >= 4 is 0 Å². The van der Waals surface area contributed by atoms with E-state index in [4.69, 9.17) is 0 Å². The Kier molecular flexibility index (Phi) is 5.25. The second-order valence-corrected chi connectivity index (χ2v) is 5.74. The maximum atomic E-state index is 3.67. The molecular weight excluding hydrogens is 218 g/mol. The highest BCUT2D eigenvalue weighted by Gasteiger charge is 2.32. The molecule has 0 atom stereocenters. The highest BCUT2D eigenvalue weighted by Crippen LogP contribution is 2.37. The van der Waals surface area contributed by atoms with E-state index in [2.05, 4.69) is 42.6 Å². The number of nitrogens with one attached hydrogen (secondary N) is 1. The van der Waals surface area contributed by atoms with Crippen LogP contribution in [-0.2, 0) is 5.41 Å². The summed E-state index contributed by atoms with van der Waals surface area (Å²) in [5.74, 6) is 0. The van der Waals surface area contributed by atoms with Gasteiger partial charge in [0, 0.05) is 12.0 Å². The molecule has 0 spiro atoms. The zero-order valence-corrected chi connectivity index (χ0v) is 11.8. The first-order valence-electron chi connectivity index (χ1n) is 7.64. The van der Waals surface area contributed by atoms with Gasteiger partial charge in [0.05, 0.1) is 0 Å². The first kappa shape index (κ1) is 13.6. The van der Waals surface area contributed by atoms with Crippen molar-refractivity contribution in [3.05, 3.63) is 35.9 Å². The van der Waals surface area contributed by atoms with Crippen LogP contribution in [0.5, 0.6) is 0 Å². The van der Waals surface area contributed by atoms with Crippen LogP contribution in [0.1, 0.15) is 57.4 Å². The molecule has 1 N–H and O–H groups in total. The molecule has 0 aliphatic heterocycles. The van der Waals surface area contributed by atoms with Crippen LogP contribution >= 0.6 is 0 Å². The minimum Gasteiger partial charge on any atom is -0.316 e. The summed E-state index contributed by atoms with van der Waals surface area (Å²) in [6.45, 7) is 4.55. The topological polar surface area (TPSA) is 12.0 Å². The van der Waals surface area contributed by atoms with E-state index in [1.807, 2.05) is 0 Å². The van der Waals surface area contributed by atoms with Crippen molar-refractivity contribution in [3.63, 3.8) is 0 Å². The monoisotopic (exact) mass is 245 g/mol. The van der Waals surface area contributed by atoms with E-state index in [1.165, 1.54) is 44.9 Å². The fraction of sp³-hybridized carbons (Fsp3) is 0.647. The molecule has 100 valence electrons. The van der Waals surface area contributed by atoms with Gasteiger partial charge < -0.3 is 5.32 Å². The number of hydrogen-bond donors (Lipinski definition) is 1. The molecule has 0 aromatic heterocycles. The fourth-order valence-corrected chi connectivity index (χ4v) is 3.27. The van der Waals surface area contributed by atoms with E-state index in [0.29, 0.717) is 5.41 Å². The summed E-state index contributed by atoms with van der Waals surface area (Å²) in [6, 6.07) is 11.2. The summed E-state index contributed by atoms with van der Waals surface area (Å²) in [5, 5.41) is 3.67. The van der Waals surface area contributed by atoms with Crippen molar-refractivity contribution in [3.8, 4) is 0 Å². The maximum absolute atomic E-state index is 3.67. The normalized spacial score (nSPS) is 19.4. The van der Waals surface area contributed by atoms with Gasteiger partial charge in [-0.3, -0.25) is 0 Å². The molecule has 0 amide bonds. The highest BCUT2D eigenvalue weighted by molar-refractivity contribution is 5.26. The summed E-state index contributed by atoms with van der Waals surface area (Å²) >= 11 is 0. The largest absolute Gasteiger partial charge is 0.316 e. The molecule has 1 aliphatic carbocycles. The molecule has 0 saturated heterocycles. The predicted octanol–water partition coefficient (Wildman–Crippen LogP) is 4.28. The van der Waals surface area contributed by atoms with Gasteiger partial charge in [-0.1, -0.05) is 62.9 Å². The first-order chi connectivity index (χ1) is 8.87. The Morgan fingerprint density at radius 3 is 2.28 bits per heavy atom. The molecule has 1 nitrogen and oxygen atoms in total. The Morgan fingerprint density at radius 1 is 1.00 bits per heavy atom. The Balaban J connectivity index is 2.15. The van der Waals surface area contributed by atoms with Crippen LogP contribution < -0.4 is 5.32 Å². The van der Waals surface area contributed by atoms with Gasteiger partial charge in [0.1, 0.15) is 0 Å². The van der Waals surface area contributed by atoms with E-state index in [1.54, 1.807) is 5.56 Å². The van der Waals surface area contributed by atoms with E-state index in [9.17, 15) is 0 Å². The van der Waals surface area contributed by atoms with E-state index in [-0.39, 0.29) is 0 Å². The smallest absolute Gasteiger partial charge is 0.00777 e. The summed E-state index contributed by atoms with van der Waals surface area (Å²) in [6.07, 6.45) is 9.56.